The number of hydrazone groups is 1. The van der Waals surface area contributed by atoms with Gasteiger partial charge in [0, 0.05) is 11.8 Å². The minimum absolute atomic E-state index is 0.262. The number of carbonyl (C=O) groups is 1. The fraction of sp³-hybridized carbons (Fsp3) is 0. The number of rotatable bonds is 5. The summed E-state index contributed by atoms with van der Waals surface area (Å²) < 4.78 is 0. The first-order chi connectivity index (χ1) is 13.7. The number of hydrogen-bond acceptors (Lipinski definition) is 6. The summed E-state index contributed by atoms with van der Waals surface area (Å²) in [5.41, 5.74) is 12.3. The molecule has 3 N–H and O–H groups in total. The van der Waals surface area contributed by atoms with Gasteiger partial charge in [-0.2, -0.15) is 5.10 Å². The van der Waals surface area contributed by atoms with Crippen LogP contribution in [0.1, 0.15) is 21.6 Å². The van der Waals surface area contributed by atoms with E-state index >= 15 is 0 Å². The fourth-order valence-corrected chi connectivity index (χ4v) is 2.79. The molecule has 1 aliphatic heterocycles. The number of benzene rings is 2. The van der Waals surface area contributed by atoms with Gasteiger partial charge in [-0.15, -0.1) is 10.2 Å². The summed E-state index contributed by atoms with van der Waals surface area (Å²) in [4.78, 5) is 16.2. The number of hydrogen-bond donors (Lipinski definition) is 2. The van der Waals surface area contributed by atoms with Gasteiger partial charge in [-0.3, -0.25) is 15.2 Å². The third kappa shape index (κ3) is 3.41. The number of primary amides is 1. The van der Waals surface area contributed by atoms with Crippen molar-refractivity contribution in [1.82, 2.24) is 4.98 Å². The van der Waals surface area contributed by atoms with E-state index in [2.05, 4.69) is 25.7 Å². The van der Waals surface area contributed by atoms with E-state index in [9.17, 15) is 4.79 Å². The van der Waals surface area contributed by atoms with Crippen LogP contribution in [0.3, 0.4) is 0 Å². The summed E-state index contributed by atoms with van der Waals surface area (Å²) >= 11 is 0. The van der Waals surface area contributed by atoms with Gasteiger partial charge in [0.25, 0.3) is 5.91 Å². The van der Waals surface area contributed by atoms with Crippen LogP contribution in [0.4, 0.5) is 5.69 Å². The molecule has 0 saturated heterocycles. The maximum absolute atomic E-state index is 11.9. The van der Waals surface area contributed by atoms with Gasteiger partial charge in [0.2, 0.25) is 0 Å². The Labute approximate surface area is 161 Å². The standard InChI is InChI=1S/C21H16N6O/c22-21(28)16-12-7-13-23-18(16)20-19(26-24-15-10-5-2-6-11-15)17(25-27-20)14-8-3-1-4-9-14/h1-13,24H,(H2,22,28). The van der Waals surface area contributed by atoms with Crippen molar-refractivity contribution in [2.75, 3.05) is 5.43 Å². The molecule has 0 atom stereocenters. The largest absolute Gasteiger partial charge is 0.366 e. The molecule has 2 aromatic carbocycles. The average Bonchev–Trinajstić information content (AvgIpc) is 3.17. The van der Waals surface area contributed by atoms with Crippen LogP contribution in [0, 0.1) is 0 Å². The molecule has 7 heteroatoms. The van der Waals surface area contributed by atoms with Crippen molar-refractivity contribution in [2.45, 2.75) is 0 Å². The molecular formula is C21H16N6O. The number of carbonyl (C=O) groups excluding carboxylic acids is 1. The molecule has 1 aromatic heterocycles. The Morgan fingerprint density at radius 2 is 1.54 bits per heavy atom. The summed E-state index contributed by atoms with van der Waals surface area (Å²) in [7, 11) is 0. The lowest BCUT2D eigenvalue weighted by Crippen LogP contribution is -2.27. The van der Waals surface area contributed by atoms with Crippen LogP contribution in [-0.2, 0) is 0 Å². The van der Waals surface area contributed by atoms with E-state index in [-0.39, 0.29) is 5.56 Å². The molecule has 7 nitrogen and oxygen atoms in total. The van der Waals surface area contributed by atoms with E-state index in [0.717, 1.165) is 11.3 Å². The van der Waals surface area contributed by atoms with Crippen LogP contribution >= 0.6 is 0 Å². The smallest absolute Gasteiger partial charge is 0.250 e. The van der Waals surface area contributed by atoms with Gasteiger partial charge in [0.05, 0.1) is 11.3 Å². The lowest BCUT2D eigenvalue weighted by atomic mass is 9.99. The number of nitrogens with two attached hydrogens (primary N) is 1. The zero-order chi connectivity index (χ0) is 19.3. The molecule has 4 rings (SSSR count). The van der Waals surface area contributed by atoms with Gasteiger partial charge in [-0.25, -0.2) is 0 Å². The molecule has 2 heterocycles. The number of amides is 1. The summed E-state index contributed by atoms with van der Waals surface area (Å²) in [5, 5.41) is 13.1. The maximum atomic E-state index is 11.9. The summed E-state index contributed by atoms with van der Waals surface area (Å²) in [6.45, 7) is 0. The van der Waals surface area contributed by atoms with Crippen LogP contribution in [0.2, 0.25) is 0 Å². The van der Waals surface area contributed by atoms with Gasteiger partial charge in [0.15, 0.2) is 0 Å². The highest BCUT2D eigenvalue weighted by Gasteiger charge is 2.28. The van der Waals surface area contributed by atoms with E-state index in [1.807, 2.05) is 60.7 Å². The molecular weight excluding hydrogens is 352 g/mol. The van der Waals surface area contributed by atoms with E-state index in [1.165, 1.54) is 0 Å². The Hall–Kier alpha value is -4.13. The van der Waals surface area contributed by atoms with Crippen molar-refractivity contribution in [3.05, 3.63) is 95.8 Å². The average molecular weight is 368 g/mol. The van der Waals surface area contributed by atoms with Crippen molar-refractivity contribution in [1.29, 1.82) is 0 Å². The number of pyridine rings is 1. The molecule has 136 valence electrons. The first-order valence-corrected chi connectivity index (χ1v) is 8.60. The quantitative estimate of drug-likeness (QED) is 0.676. The number of aromatic nitrogens is 1. The van der Waals surface area contributed by atoms with Crippen LogP contribution in [-0.4, -0.2) is 28.0 Å². The number of nitrogens with zero attached hydrogens (tertiary/aromatic N) is 4. The van der Waals surface area contributed by atoms with Gasteiger partial charge in [-0.1, -0.05) is 48.5 Å². The van der Waals surface area contributed by atoms with Gasteiger partial charge < -0.3 is 5.73 Å². The molecule has 0 bridgehead atoms. The molecule has 0 unspecified atom stereocenters. The summed E-state index contributed by atoms with van der Waals surface area (Å²) in [5.74, 6) is -0.589. The van der Waals surface area contributed by atoms with Crippen LogP contribution in [0.15, 0.2) is 94.3 Å². The fourth-order valence-electron chi connectivity index (χ4n) is 2.79. The second-order valence-electron chi connectivity index (χ2n) is 5.97. The van der Waals surface area contributed by atoms with E-state index < -0.39 is 5.91 Å². The second-order valence-corrected chi connectivity index (χ2v) is 5.97. The van der Waals surface area contributed by atoms with E-state index in [4.69, 9.17) is 5.73 Å². The highest BCUT2D eigenvalue weighted by molar-refractivity contribution is 6.75. The predicted molar refractivity (Wildman–Crippen MR) is 110 cm³/mol. The van der Waals surface area contributed by atoms with Crippen LogP contribution < -0.4 is 11.2 Å². The Morgan fingerprint density at radius 1 is 0.857 bits per heavy atom. The van der Waals surface area contributed by atoms with Crippen LogP contribution in [0.5, 0.6) is 0 Å². The Bertz CT molecular complexity index is 1100. The van der Waals surface area contributed by atoms with Gasteiger partial charge in [-0.05, 0) is 24.3 Å². The van der Waals surface area contributed by atoms with Crippen molar-refractivity contribution in [3.8, 4) is 0 Å². The molecule has 0 aliphatic carbocycles. The van der Waals surface area contributed by atoms with Crippen molar-refractivity contribution in [3.63, 3.8) is 0 Å². The van der Waals surface area contributed by atoms with Crippen molar-refractivity contribution in [2.24, 2.45) is 21.0 Å². The molecule has 1 amide bonds. The topological polar surface area (TPSA) is 105 Å². The number of para-hydroxylation sites is 1. The highest BCUT2D eigenvalue weighted by Crippen LogP contribution is 2.17. The minimum Gasteiger partial charge on any atom is -0.366 e. The maximum Gasteiger partial charge on any atom is 0.250 e. The monoisotopic (exact) mass is 368 g/mol. The molecule has 3 aromatic rings. The Kier molecular flexibility index (Phi) is 4.71. The second kappa shape index (κ2) is 7.63. The SMILES string of the molecule is NC(=O)c1cccnc1C1=NN=C(c2ccccc2)C1=NNc1ccccc1. The van der Waals surface area contributed by atoms with Gasteiger partial charge >= 0.3 is 0 Å². The van der Waals surface area contributed by atoms with E-state index in [0.29, 0.717) is 22.8 Å². The highest BCUT2D eigenvalue weighted by atomic mass is 16.1. The molecule has 0 fully saturated rings. The minimum atomic E-state index is -0.589. The summed E-state index contributed by atoms with van der Waals surface area (Å²) in [6.07, 6.45) is 1.58. The first-order valence-electron chi connectivity index (χ1n) is 8.60. The predicted octanol–water partition coefficient (Wildman–Crippen LogP) is 2.86. The van der Waals surface area contributed by atoms with Crippen molar-refractivity contribution >= 4 is 28.7 Å². The summed E-state index contributed by atoms with van der Waals surface area (Å²) in [6, 6.07) is 22.4. The molecule has 0 radical (unpaired) electrons. The van der Waals surface area contributed by atoms with Crippen LogP contribution in [0.25, 0.3) is 0 Å². The Morgan fingerprint density at radius 3 is 2.25 bits per heavy atom. The Balaban J connectivity index is 1.78. The number of nitrogens with one attached hydrogen (secondary N) is 1. The first kappa shape index (κ1) is 17.3. The normalized spacial score (nSPS) is 14.5. The zero-order valence-corrected chi connectivity index (χ0v) is 14.8. The third-order valence-corrected chi connectivity index (χ3v) is 4.11. The van der Waals surface area contributed by atoms with Gasteiger partial charge in [0.1, 0.15) is 22.8 Å². The lowest BCUT2D eigenvalue weighted by Gasteiger charge is -2.09. The third-order valence-electron chi connectivity index (χ3n) is 4.11. The van der Waals surface area contributed by atoms with E-state index in [1.54, 1.807) is 18.3 Å². The zero-order valence-electron chi connectivity index (χ0n) is 14.8. The molecule has 0 saturated carbocycles. The molecule has 1 aliphatic rings. The molecule has 0 spiro atoms. The van der Waals surface area contributed by atoms with Crippen molar-refractivity contribution < 1.29 is 4.79 Å². The molecule has 28 heavy (non-hydrogen) atoms. The number of anilines is 1. The lowest BCUT2D eigenvalue weighted by molar-refractivity contribution is 0.1000.